The van der Waals surface area contributed by atoms with Gasteiger partial charge in [-0.25, -0.2) is 15.1 Å². The number of guanidine groups is 1. The standard InChI is InChI=1S/C19H32ClN13O/c20-15-17(22)26-16(21)14(25-15)18(34)27-19(23)24-6-2-4-8-33-11-9-32(10-12-33)7-3-1-5-13-28-30-31-29-13/h1-12H2,(H4,21,22,26)(H3,23,24,27,34)(H,28,29,30,31). The third-order valence-electron chi connectivity index (χ3n) is 5.55. The van der Waals surface area contributed by atoms with E-state index in [1.165, 1.54) is 0 Å². The molecule has 3 rings (SSSR count). The summed E-state index contributed by atoms with van der Waals surface area (Å²) in [4.78, 5) is 24.8. The van der Waals surface area contributed by atoms with Gasteiger partial charge in [-0.05, 0) is 49.2 Å². The lowest BCUT2D eigenvalue weighted by molar-refractivity contribution is 0.0971. The zero-order chi connectivity index (χ0) is 24.3. The van der Waals surface area contributed by atoms with Crippen molar-refractivity contribution in [2.75, 3.05) is 57.3 Å². The van der Waals surface area contributed by atoms with Gasteiger partial charge >= 0.3 is 0 Å². The number of nitrogens with one attached hydrogen (secondary N) is 4. The van der Waals surface area contributed by atoms with E-state index < -0.39 is 5.91 Å². The molecule has 15 heteroatoms. The minimum atomic E-state index is -0.669. The Labute approximate surface area is 202 Å². The van der Waals surface area contributed by atoms with E-state index in [9.17, 15) is 4.79 Å². The molecule has 1 aliphatic rings. The maximum atomic E-state index is 12.2. The van der Waals surface area contributed by atoms with E-state index in [4.69, 9.17) is 28.5 Å². The maximum absolute atomic E-state index is 12.2. The number of hydrogen-bond acceptors (Lipinski definition) is 11. The molecule has 186 valence electrons. The normalized spacial score (nSPS) is 14.7. The Balaban J connectivity index is 1.21. The monoisotopic (exact) mass is 493 g/mol. The Kier molecular flexibility index (Phi) is 9.73. The largest absolute Gasteiger partial charge is 0.382 e. The lowest BCUT2D eigenvalue weighted by atomic mass is 10.2. The summed E-state index contributed by atoms with van der Waals surface area (Å²) in [6.45, 7) is 7.00. The molecule has 14 nitrogen and oxygen atoms in total. The van der Waals surface area contributed by atoms with Gasteiger partial charge < -0.3 is 26.6 Å². The van der Waals surface area contributed by atoms with Crippen LogP contribution in [0.3, 0.4) is 0 Å². The van der Waals surface area contributed by atoms with Crippen LogP contribution in [0, 0.1) is 5.41 Å². The molecule has 34 heavy (non-hydrogen) atoms. The number of aromatic amines is 1. The number of unbranched alkanes of at least 4 members (excludes halogenated alkanes) is 2. The van der Waals surface area contributed by atoms with Crippen molar-refractivity contribution in [1.82, 2.24) is 51.0 Å². The summed E-state index contributed by atoms with van der Waals surface area (Å²) in [5, 5.41) is 26.9. The Bertz CT molecular complexity index is 931. The minimum absolute atomic E-state index is 0.0534. The highest BCUT2D eigenvalue weighted by Gasteiger charge is 2.18. The van der Waals surface area contributed by atoms with Crippen LogP contribution in [0.4, 0.5) is 11.6 Å². The van der Waals surface area contributed by atoms with Gasteiger partial charge in [0.1, 0.15) is 5.82 Å². The van der Waals surface area contributed by atoms with Gasteiger partial charge in [0.05, 0.1) is 0 Å². The third-order valence-corrected chi connectivity index (χ3v) is 5.83. The second-order valence-electron chi connectivity index (χ2n) is 8.08. The van der Waals surface area contributed by atoms with Gasteiger partial charge in [-0.15, -0.1) is 5.10 Å². The van der Waals surface area contributed by atoms with Crippen molar-refractivity contribution >= 4 is 35.1 Å². The Hall–Kier alpha value is -3.10. The number of tetrazole rings is 1. The number of carbonyl (C=O) groups excluding carboxylic acids is 1. The van der Waals surface area contributed by atoms with Gasteiger partial charge in [0.25, 0.3) is 5.91 Å². The average Bonchev–Trinajstić information content (AvgIpc) is 3.33. The number of rotatable bonds is 11. The number of nitrogens with zero attached hydrogens (tertiary/aromatic N) is 7. The fourth-order valence-corrected chi connectivity index (χ4v) is 3.78. The summed E-state index contributed by atoms with van der Waals surface area (Å²) in [6, 6.07) is 0. The van der Waals surface area contributed by atoms with Crippen molar-refractivity contribution in [3.8, 4) is 0 Å². The van der Waals surface area contributed by atoms with Gasteiger partial charge in [0.15, 0.2) is 28.4 Å². The molecule has 0 aliphatic carbocycles. The fraction of sp³-hybridized carbons (Fsp3) is 0.632. The van der Waals surface area contributed by atoms with Crippen molar-refractivity contribution in [3.63, 3.8) is 0 Å². The molecule has 0 radical (unpaired) electrons. The lowest BCUT2D eigenvalue weighted by Crippen LogP contribution is -2.46. The first-order valence-corrected chi connectivity index (χ1v) is 11.7. The number of nitrogens with two attached hydrogens (primary N) is 2. The number of hydrogen-bond donors (Lipinski definition) is 6. The van der Waals surface area contributed by atoms with E-state index in [1.807, 2.05) is 0 Å². The van der Waals surface area contributed by atoms with Crippen LogP contribution in [0.5, 0.6) is 0 Å². The molecule has 1 saturated heterocycles. The molecule has 3 heterocycles. The summed E-state index contributed by atoms with van der Waals surface area (Å²) >= 11 is 5.79. The van der Waals surface area contributed by atoms with Crippen LogP contribution in [0.1, 0.15) is 42.0 Å². The second kappa shape index (κ2) is 13.0. The van der Waals surface area contributed by atoms with Crippen LogP contribution in [-0.4, -0.2) is 98.1 Å². The van der Waals surface area contributed by atoms with Crippen molar-refractivity contribution in [1.29, 1.82) is 5.41 Å². The van der Waals surface area contributed by atoms with Gasteiger partial charge in [-0.1, -0.05) is 11.6 Å². The van der Waals surface area contributed by atoms with Crippen LogP contribution in [-0.2, 0) is 6.42 Å². The maximum Gasteiger partial charge on any atom is 0.280 e. The van der Waals surface area contributed by atoms with Crippen LogP contribution in [0.2, 0.25) is 5.15 Å². The number of nitrogen functional groups attached to an aromatic ring is 2. The first-order chi connectivity index (χ1) is 16.4. The molecule has 1 fully saturated rings. The van der Waals surface area contributed by atoms with Crippen LogP contribution in [0.25, 0.3) is 0 Å². The molecule has 0 saturated carbocycles. The zero-order valence-electron chi connectivity index (χ0n) is 19.1. The number of carbonyl (C=O) groups is 1. The number of H-pyrrole nitrogens is 1. The predicted molar refractivity (Wildman–Crippen MR) is 128 cm³/mol. The number of halogens is 1. The van der Waals surface area contributed by atoms with Crippen molar-refractivity contribution in [2.24, 2.45) is 0 Å². The van der Waals surface area contributed by atoms with Crippen molar-refractivity contribution in [3.05, 3.63) is 16.7 Å². The average molecular weight is 494 g/mol. The number of piperazine rings is 1. The Morgan fingerprint density at radius 2 is 1.71 bits per heavy atom. The number of aryl methyl sites for hydroxylation is 1. The molecule has 1 amide bonds. The van der Waals surface area contributed by atoms with Crippen LogP contribution in [0.15, 0.2) is 0 Å². The van der Waals surface area contributed by atoms with E-state index in [0.29, 0.717) is 6.54 Å². The fourth-order valence-electron chi connectivity index (χ4n) is 3.65. The molecule has 0 unspecified atom stereocenters. The van der Waals surface area contributed by atoms with E-state index >= 15 is 0 Å². The molecule has 2 aromatic heterocycles. The molecular weight excluding hydrogens is 462 g/mol. The van der Waals surface area contributed by atoms with Gasteiger partial charge in [-0.3, -0.25) is 15.5 Å². The first kappa shape index (κ1) is 25.5. The molecule has 0 spiro atoms. The summed E-state index contributed by atoms with van der Waals surface area (Å²) in [7, 11) is 0. The highest BCUT2D eigenvalue weighted by molar-refractivity contribution is 6.31. The number of aromatic nitrogens is 6. The second-order valence-corrected chi connectivity index (χ2v) is 8.44. The van der Waals surface area contributed by atoms with Crippen molar-refractivity contribution in [2.45, 2.75) is 32.1 Å². The van der Waals surface area contributed by atoms with E-state index in [2.05, 4.69) is 51.0 Å². The molecule has 0 atom stereocenters. The van der Waals surface area contributed by atoms with Gasteiger partial charge in [0.2, 0.25) is 0 Å². The molecule has 0 aromatic carbocycles. The molecule has 2 aromatic rings. The molecule has 0 bridgehead atoms. The lowest BCUT2D eigenvalue weighted by Gasteiger charge is -2.34. The molecule has 8 N–H and O–H groups in total. The summed E-state index contributed by atoms with van der Waals surface area (Å²) in [6.07, 6.45) is 4.99. The summed E-state index contributed by atoms with van der Waals surface area (Å²) in [5.74, 6) is -0.147. The van der Waals surface area contributed by atoms with E-state index in [0.717, 1.165) is 77.2 Å². The zero-order valence-corrected chi connectivity index (χ0v) is 19.8. The highest BCUT2D eigenvalue weighted by Crippen LogP contribution is 2.17. The smallest absolute Gasteiger partial charge is 0.280 e. The van der Waals surface area contributed by atoms with Crippen LogP contribution < -0.4 is 22.1 Å². The summed E-state index contributed by atoms with van der Waals surface area (Å²) < 4.78 is 0. The Morgan fingerprint density at radius 1 is 1.03 bits per heavy atom. The Morgan fingerprint density at radius 3 is 2.35 bits per heavy atom. The predicted octanol–water partition coefficient (Wildman–Crippen LogP) is -0.518. The van der Waals surface area contributed by atoms with Gasteiger partial charge in [0, 0.05) is 39.1 Å². The molecular formula is C19H32ClN13O. The first-order valence-electron chi connectivity index (χ1n) is 11.3. The highest BCUT2D eigenvalue weighted by atomic mass is 35.5. The topological polar surface area (TPSA) is 204 Å². The quantitative estimate of drug-likeness (QED) is 0.133. The van der Waals surface area contributed by atoms with Crippen LogP contribution >= 0.6 is 11.6 Å². The third kappa shape index (κ3) is 8.04. The number of anilines is 2. The van der Waals surface area contributed by atoms with Gasteiger partial charge in [-0.2, -0.15) is 0 Å². The number of amides is 1. The summed E-state index contributed by atoms with van der Waals surface area (Å²) in [5.41, 5.74) is 11.0. The molecule has 1 aliphatic heterocycles. The minimum Gasteiger partial charge on any atom is -0.382 e. The van der Waals surface area contributed by atoms with E-state index in [1.54, 1.807) is 0 Å². The SMILES string of the molecule is N=C(NCCCCN1CCN(CCCCc2nnn[nH]2)CC1)NC(=O)c1nc(Cl)c(N)nc1N. The van der Waals surface area contributed by atoms with Crippen molar-refractivity contribution < 1.29 is 4.79 Å². The van der Waals surface area contributed by atoms with E-state index in [-0.39, 0.29) is 28.4 Å².